The van der Waals surface area contributed by atoms with Crippen LogP contribution < -0.4 is 10.5 Å². The zero-order chi connectivity index (χ0) is 18.0. The molecule has 0 unspecified atom stereocenters. The van der Waals surface area contributed by atoms with Crippen LogP contribution >= 0.6 is 11.8 Å². The fourth-order valence-electron chi connectivity index (χ4n) is 3.11. The number of amides is 1. The Labute approximate surface area is 151 Å². The van der Waals surface area contributed by atoms with Crippen LogP contribution in [0.3, 0.4) is 0 Å². The van der Waals surface area contributed by atoms with E-state index in [0.29, 0.717) is 16.7 Å². The molecule has 9 heteroatoms. The van der Waals surface area contributed by atoms with Crippen molar-refractivity contribution in [2.75, 3.05) is 5.75 Å². The Bertz CT molecular complexity index is 886. The first-order valence-electron chi connectivity index (χ1n) is 8.26. The van der Waals surface area contributed by atoms with E-state index in [2.05, 4.69) is 10.3 Å². The van der Waals surface area contributed by atoms with E-state index in [1.54, 1.807) is 6.07 Å². The number of aryl methyl sites for hydroxylation is 1. The van der Waals surface area contributed by atoms with Gasteiger partial charge in [0.2, 0.25) is 15.9 Å². The number of carbonyl (C=O) groups excluding carboxylic acids is 1. The van der Waals surface area contributed by atoms with Crippen LogP contribution in [0, 0.1) is 0 Å². The summed E-state index contributed by atoms with van der Waals surface area (Å²) < 4.78 is 24.8. The van der Waals surface area contributed by atoms with E-state index in [-0.39, 0.29) is 16.6 Å². The average Bonchev–Trinajstić information content (AvgIpc) is 2.89. The van der Waals surface area contributed by atoms with E-state index >= 15 is 0 Å². The third-order valence-electron chi connectivity index (χ3n) is 4.44. The van der Waals surface area contributed by atoms with Gasteiger partial charge < -0.3 is 9.88 Å². The number of primary sulfonamides is 1. The van der Waals surface area contributed by atoms with Crippen LogP contribution in [0.15, 0.2) is 28.3 Å². The molecule has 0 atom stereocenters. The van der Waals surface area contributed by atoms with Crippen molar-refractivity contribution in [3.63, 3.8) is 0 Å². The summed E-state index contributed by atoms with van der Waals surface area (Å²) in [5, 5.41) is 8.91. The SMILES string of the molecule is Cn1c(SCC(=O)NC2CCCCC2)nc2cc(S(N)(=O)=O)ccc21. The van der Waals surface area contributed by atoms with Crippen molar-refractivity contribution in [3.05, 3.63) is 18.2 Å². The standard InChI is InChI=1S/C16H22N4O3S2/c1-20-14-8-7-12(25(17,22)23)9-13(14)19-16(20)24-10-15(21)18-11-5-3-2-4-6-11/h7-9,11H,2-6,10H2,1H3,(H,18,21)(H2,17,22,23). The smallest absolute Gasteiger partial charge is 0.238 e. The summed E-state index contributed by atoms with van der Waals surface area (Å²) in [7, 11) is -1.92. The predicted molar refractivity (Wildman–Crippen MR) is 97.8 cm³/mol. The summed E-state index contributed by atoms with van der Waals surface area (Å²) >= 11 is 1.34. The number of nitrogens with one attached hydrogen (secondary N) is 1. The number of hydrogen-bond donors (Lipinski definition) is 2. The molecule has 136 valence electrons. The van der Waals surface area contributed by atoms with Gasteiger partial charge in [-0.2, -0.15) is 0 Å². The Morgan fingerprint density at radius 2 is 2.08 bits per heavy atom. The third-order valence-corrected chi connectivity index (χ3v) is 6.38. The lowest BCUT2D eigenvalue weighted by molar-refractivity contribution is -0.119. The summed E-state index contributed by atoms with van der Waals surface area (Å²) in [5.74, 6) is 0.296. The Kier molecular flexibility index (Phi) is 5.35. The Morgan fingerprint density at radius 1 is 1.36 bits per heavy atom. The van der Waals surface area contributed by atoms with Crippen molar-refractivity contribution in [1.82, 2.24) is 14.9 Å². The summed E-state index contributed by atoms with van der Waals surface area (Å²) in [5.41, 5.74) is 1.34. The maximum absolute atomic E-state index is 12.1. The van der Waals surface area contributed by atoms with E-state index in [1.807, 2.05) is 11.6 Å². The van der Waals surface area contributed by atoms with Gasteiger partial charge in [-0.15, -0.1) is 0 Å². The van der Waals surface area contributed by atoms with Gasteiger partial charge in [-0.25, -0.2) is 18.5 Å². The molecule has 1 aromatic heterocycles. The van der Waals surface area contributed by atoms with Crippen molar-refractivity contribution in [1.29, 1.82) is 0 Å². The van der Waals surface area contributed by atoms with Gasteiger partial charge in [0.1, 0.15) is 0 Å². The molecule has 1 aliphatic carbocycles. The first kappa shape index (κ1) is 18.2. The van der Waals surface area contributed by atoms with Gasteiger partial charge in [-0.3, -0.25) is 4.79 Å². The number of nitrogens with zero attached hydrogens (tertiary/aromatic N) is 2. The van der Waals surface area contributed by atoms with E-state index < -0.39 is 10.0 Å². The van der Waals surface area contributed by atoms with Crippen LogP contribution in [0.25, 0.3) is 11.0 Å². The zero-order valence-electron chi connectivity index (χ0n) is 14.1. The number of carbonyl (C=O) groups is 1. The first-order chi connectivity index (χ1) is 11.8. The number of benzene rings is 1. The second kappa shape index (κ2) is 7.35. The lowest BCUT2D eigenvalue weighted by Crippen LogP contribution is -2.37. The molecular formula is C16H22N4O3S2. The molecule has 3 rings (SSSR count). The van der Waals surface area contributed by atoms with Gasteiger partial charge in [0.25, 0.3) is 0 Å². The summed E-state index contributed by atoms with van der Waals surface area (Å²) in [6.07, 6.45) is 5.71. The lowest BCUT2D eigenvalue weighted by Gasteiger charge is -2.22. The minimum Gasteiger partial charge on any atom is -0.353 e. The van der Waals surface area contributed by atoms with Crippen LogP contribution in [-0.4, -0.2) is 35.7 Å². The molecule has 7 nitrogen and oxygen atoms in total. The molecule has 1 aliphatic rings. The second-order valence-electron chi connectivity index (χ2n) is 6.34. The van der Waals surface area contributed by atoms with Crippen LogP contribution in [0.2, 0.25) is 0 Å². The molecule has 0 spiro atoms. The summed E-state index contributed by atoms with van der Waals surface area (Å²) in [6, 6.07) is 4.88. The van der Waals surface area contributed by atoms with Gasteiger partial charge in [-0.1, -0.05) is 31.0 Å². The van der Waals surface area contributed by atoms with Crippen molar-refractivity contribution in [2.24, 2.45) is 12.2 Å². The largest absolute Gasteiger partial charge is 0.353 e. The molecule has 1 aromatic carbocycles. The molecule has 1 amide bonds. The van der Waals surface area contributed by atoms with Crippen molar-refractivity contribution in [3.8, 4) is 0 Å². The van der Waals surface area contributed by atoms with E-state index in [1.165, 1.54) is 43.2 Å². The number of nitrogens with two attached hydrogens (primary N) is 1. The fraction of sp³-hybridized carbons (Fsp3) is 0.500. The monoisotopic (exact) mass is 382 g/mol. The highest BCUT2D eigenvalue weighted by molar-refractivity contribution is 7.99. The minimum absolute atomic E-state index is 0.00850. The second-order valence-corrected chi connectivity index (χ2v) is 8.84. The Hall–Kier alpha value is -1.58. The number of hydrogen-bond acceptors (Lipinski definition) is 5. The summed E-state index contributed by atoms with van der Waals surface area (Å²) in [6.45, 7) is 0. The maximum atomic E-state index is 12.1. The minimum atomic E-state index is -3.76. The fourth-order valence-corrected chi connectivity index (χ4v) is 4.44. The number of fused-ring (bicyclic) bond motifs is 1. The molecule has 0 saturated heterocycles. The topological polar surface area (TPSA) is 107 Å². The number of thioether (sulfide) groups is 1. The van der Waals surface area contributed by atoms with Crippen LogP contribution in [0.5, 0.6) is 0 Å². The third kappa shape index (κ3) is 4.34. The number of aromatic nitrogens is 2. The molecule has 0 radical (unpaired) electrons. The van der Waals surface area contributed by atoms with Crippen molar-refractivity contribution in [2.45, 2.75) is 48.2 Å². The first-order valence-corrected chi connectivity index (χ1v) is 10.8. The van der Waals surface area contributed by atoms with Gasteiger partial charge in [0.05, 0.1) is 21.7 Å². The Balaban J connectivity index is 1.68. The highest BCUT2D eigenvalue weighted by Gasteiger charge is 2.17. The lowest BCUT2D eigenvalue weighted by atomic mass is 9.95. The highest BCUT2D eigenvalue weighted by Crippen LogP contribution is 2.25. The van der Waals surface area contributed by atoms with Gasteiger partial charge >= 0.3 is 0 Å². The number of rotatable bonds is 5. The normalized spacial score (nSPS) is 16.2. The van der Waals surface area contributed by atoms with Gasteiger partial charge in [-0.05, 0) is 31.0 Å². The van der Waals surface area contributed by atoms with Crippen LogP contribution in [0.4, 0.5) is 0 Å². The number of imidazole rings is 1. The molecule has 1 heterocycles. The molecule has 3 N–H and O–H groups in total. The Morgan fingerprint density at radius 3 is 2.76 bits per heavy atom. The number of sulfonamides is 1. The molecule has 2 aromatic rings. The van der Waals surface area contributed by atoms with E-state index in [0.717, 1.165) is 18.4 Å². The molecule has 0 bridgehead atoms. The van der Waals surface area contributed by atoms with Gasteiger partial charge in [0, 0.05) is 13.1 Å². The predicted octanol–water partition coefficient (Wildman–Crippen LogP) is 1.76. The summed E-state index contributed by atoms with van der Waals surface area (Å²) in [4.78, 5) is 16.6. The molecular weight excluding hydrogens is 360 g/mol. The van der Waals surface area contributed by atoms with Crippen molar-refractivity contribution >= 4 is 38.7 Å². The molecule has 0 aliphatic heterocycles. The van der Waals surface area contributed by atoms with Crippen LogP contribution in [0.1, 0.15) is 32.1 Å². The maximum Gasteiger partial charge on any atom is 0.238 e. The van der Waals surface area contributed by atoms with Crippen LogP contribution in [-0.2, 0) is 21.9 Å². The van der Waals surface area contributed by atoms with Gasteiger partial charge in [0.15, 0.2) is 5.16 Å². The molecule has 25 heavy (non-hydrogen) atoms. The van der Waals surface area contributed by atoms with E-state index in [4.69, 9.17) is 5.14 Å². The molecule has 1 fully saturated rings. The van der Waals surface area contributed by atoms with Crippen molar-refractivity contribution < 1.29 is 13.2 Å². The average molecular weight is 383 g/mol. The van der Waals surface area contributed by atoms with E-state index in [9.17, 15) is 13.2 Å². The highest BCUT2D eigenvalue weighted by atomic mass is 32.2. The zero-order valence-corrected chi connectivity index (χ0v) is 15.7. The molecule has 1 saturated carbocycles. The quantitative estimate of drug-likeness (QED) is 0.766.